The lowest BCUT2D eigenvalue weighted by atomic mass is 9.85. The summed E-state index contributed by atoms with van der Waals surface area (Å²) in [6.45, 7) is 26.4. The van der Waals surface area contributed by atoms with Crippen molar-refractivity contribution in [3.63, 3.8) is 0 Å². The summed E-state index contributed by atoms with van der Waals surface area (Å²) in [5, 5.41) is 1.31. The highest BCUT2D eigenvalue weighted by Crippen LogP contribution is 2.33. The molecule has 0 saturated carbocycles. The maximum absolute atomic E-state index is 7.25. The lowest BCUT2D eigenvalue weighted by Gasteiger charge is -2.20. The van der Waals surface area contributed by atoms with Gasteiger partial charge in [0.15, 0.2) is 11.6 Å². The average Bonchev–Trinajstić information content (AvgIpc) is 3.82. The Morgan fingerprint density at radius 3 is 0.600 bits per heavy atom. The standard InChI is InChI=1S/C52H52Cl4N4/c1-49(2,3)33-21-13-29(14-22-33)43-44(30-15-23-34(24-16-30)50(4,5)6)58-47(57-43)37-39(53)41(55)38(42(56)40(37)54)48-59-45(31-17-25-35(26-18-31)51(7,8)9)46(60-48)32-19-27-36(28-20-32)52(10,11)12/h13-28H,1-12H3. The molecule has 8 heteroatoms. The zero-order valence-electron chi connectivity index (χ0n) is 36.5. The van der Waals surface area contributed by atoms with Gasteiger partial charge in [-0.3, -0.25) is 0 Å². The van der Waals surface area contributed by atoms with Crippen LogP contribution in [0.3, 0.4) is 0 Å². The Morgan fingerprint density at radius 2 is 0.450 bits per heavy atom. The van der Waals surface area contributed by atoms with Crippen molar-refractivity contribution in [2.45, 2.75) is 105 Å². The fourth-order valence-corrected chi connectivity index (χ4v) is 8.44. The summed E-state index contributed by atoms with van der Waals surface area (Å²) >= 11 is 29.0. The third-order valence-electron chi connectivity index (χ3n) is 11.1. The Balaban J connectivity index is 1.45. The topological polar surface area (TPSA) is 49.4 Å². The number of nitrogens with zero attached hydrogens (tertiary/aromatic N) is 4. The van der Waals surface area contributed by atoms with Gasteiger partial charge in [-0.1, -0.05) is 227 Å². The third-order valence-corrected chi connectivity index (χ3v) is 12.8. The number of aliphatic imine (C=N–C) groups is 4. The van der Waals surface area contributed by atoms with Crippen LogP contribution in [0.25, 0.3) is 11.6 Å². The summed E-state index contributed by atoms with van der Waals surface area (Å²) in [6, 6.07) is 33.8. The molecule has 0 spiro atoms. The van der Waals surface area contributed by atoms with Gasteiger partial charge in [0.1, 0.15) is 0 Å². The van der Waals surface area contributed by atoms with E-state index in [9.17, 15) is 0 Å². The van der Waals surface area contributed by atoms with Gasteiger partial charge >= 0.3 is 0 Å². The molecule has 2 heterocycles. The number of benzene rings is 5. The minimum Gasteiger partial charge on any atom is -0.226 e. The maximum Gasteiger partial charge on any atom is 0.163 e. The van der Waals surface area contributed by atoms with Crippen molar-refractivity contribution >= 4 is 80.9 Å². The first kappa shape index (κ1) is 43.8. The Hall–Kier alpha value is -4.32. The molecule has 7 rings (SSSR count). The summed E-state index contributed by atoms with van der Waals surface area (Å²) in [5.41, 5.74) is 11.2. The Bertz CT molecular complexity index is 2380. The third kappa shape index (κ3) is 8.59. The van der Waals surface area contributed by atoms with Gasteiger partial charge in [0, 0.05) is 22.3 Å². The van der Waals surface area contributed by atoms with Crippen LogP contribution in [-0.4, -0.2) is 22.8 Å². The van der Waals surface area contributed by atoms with Crippen LogP contribution in [0, 0.1) is 0 Å². The SMILES string of the molecule is CC(C)(C)c1ccc(C2=NC(=c3c(Cl)c(Cl)c(=C4N=C(c5ccc(C(C)(C)C)cc5)C(c5ccc(C(C)(C)C)cc5)=N4)c(Cl)c3Cl)N=C2c2ccc(C(C)(C)C)cc2)cc1. The molecule has 0 amide bonds. The predicted molar refractivity (Wildman–Crippen MR) is 259 cm³/mol. The summed E-state index contributed by atoms with van der Waals surface area (Å²) in [5.74, 6) is 0.626. The van der Waals surface area contributed by atoms with E-state index in [0.29, 0.717) is 44.9 Å². The van der Waals surface area contributed by atoms with E-state index in [1.54, 1.807) is 0 Å². The zero-order valence-corrected chi connectivity index (χ0v) is 39.6. The van der Waals surface area contributed by atoms with Gasteiger partial charge < -0.3 is 0 Å². The van der Waals surface area contributed by atoms with Crippen molar-refractivity contribution in [2.75, 3.05) is 0 Å². The van der Waals surface area contributed by atoms with Crippen LogP contribution in [0.5, 0.6) is 0 Å². The van der Waals surface area contributed by atoms with Crippen molar-refractivity contribution in [1.29, 1.82) is 0 Å². The summed E-state index contributed by atoms with van der Waals surface area (Å²) in [7, 11) is 0. The molecule has 2 aliphatic heterocycles. The second-order valence-electron chi connectivity index (χ2n) is 19.8. The Kier molecular flexibility index (Phi) is 11.6. The van der Waals surface area contributed by atoms with Gasteiger partial charge in [-0.05, 0) is 43.9 Å². The zero-order chi connectivity index (χ0) is 43.7. The Morgan fingerprint density at radius 1 is 0.283 bits per heavy atom. The predicted octanol–water partition coefficient (Wildman–Crippen LogP) is 13.6. The number of hydrogen-bond donors (Lipinski definition) is 0. The maximum atomic E-state index is 7.25. The van der Waals surface area contributed by atoms with Crippen LogP contribution >= 0.6 is 46.4 Å². The summed E-state index contributed by atoms with van der Waals surface area (Å²) < 4.78 is 0. The van der Waals surface area contributed by atoms with Crippen LogP contribution < -0.4 is 10.4 Å². The van der Waals surface area contributed by atoms with E-state index >= 15 is 0 Å². The van der Waals surface area contributed by atoms with E-state index in [1.165, 1.54) is 22.3 Å². The molecule has 5 aromatic rings. The molecular formula is C52H52Cl4N4. The molecule has 5 aromatic carbocycles. The second-order valence-corrected chi connectivity index (χ2v) is 21.3. The molecule has 0 unspecified atom stereocenters. The van der Waals surface area contributed by atoms with Crippen molar-refractivity contribution in [3.8, 4) is 0 Å². The molecule has 0 radical (unpaired) electrons. The van der Waals surface area contributed by atoms with Crippen LogP contribution in [0.15, 0.2) is 117 Å². The second kappa shape index (κ2) is 15.9. The average molecular weight is 875 g/mol. The lowest BCUT2D eigenvalue weighted by molar-refractivity contribution is 0.590. The molecular weight excluding hydrogens is 822 g/mol. The highest BCUT2D eigenvalue weighted by Gasteiger charge is 2.29. The van der Waals surface area contributed by atoms with Crippen molar-refractivity contribution in [1.82, 2.24) is 0 Å². The Labute approximate surface area is 375 Å². The van der Waals surface area contributed by atoms with Crippen molar-refractivity contribution < 1.29 is 0 Å². The van der Waals surface area contributed by atoms with Crippen molar-refractivity contribution in [3.05, 3.63) is 172 Å². The number of rotatable bonds is 4. The van der Waals surface area contributed by atoms with E-state index in [4.69, 9.17) is 66.4 Å². The minimum absolute atomic E-state index is 0.00990. The van der Waals surface area contributed by atoms with Gasteiger partial charge in [-0.2, -0.15) is 0 Å². The first-order valence-corrected chi connectivity index (χ1v) is 21.8. The van der Waals surface area contributed by atoms with Crippen LogP contribution in [0.1, 0.15) is 128 Å². The molecule has 60 heavy (non-hydrogen) atoms. The molecule has 0 aromatic heterocycles. The fourth-order valence-electron chi connectivity index (χ4n) is 7.25. The van der Waals surface area contributed by atoms with Crippen molar-refractivity contribution in [2.24, 2.45) is 20.0 Å². The lowest BCUT2D eigenvalue weighted by Crippen LogP contribution is -2.19. The van der Waals surface area contributed by atoms with E-state index in [-0.39, 0.29) is 41.8 Å². The first-order chi connectivity index (χ1) is 27.9. The number of halogens is 4. The van der Waals surface area contributed by atoms with Gasteiger partial charge in [-0.15, -0.1) is 0 Å². The smallest absolute Gasteiger partial charge is 0.163 e. The van der Waals surface area contributed by atoms with Crippen LogP contribution in [0.2, 0.25) is 20.1 Å². The largest absolute Gasteiger partial charge is 0.226 e. The quantitative estimate of drug-likeness (QED) is 0.162. The highest BCUT2D eigenvalue weighted by molar-refractivity contribution is 6.57. The molecule has 4 nitrogen and oxygen atoms in total. The minimum atomic E-state index is -0.00990. The van der Waals surface area contributed by atoms with Crippen LogP contribution in [0.4, 0.5) is 0 Å². The van der Waals surface area contributed by atoms with E-state index in [2.05, 4.69) is 180 Å². The summed E-state index contributed by atoms with van der Waals surface area (Å²) in [6.07, 6.45) is 0. The van der Waals surface area contributed by atoms with Gasteiger partial charge in [0.2, 0.25) is 0 Å². The van der Waals surface area contributed by atoms with E-state index < -0.39 is 0 Å². The molecule has 0 fully saturated rings. The molecule has 0 N–H and O–H groups in total. The molecule has 0 atom stereocenters. The molecule has 0 aliphatic carbocycles. The van der Waals surface area contributed by atoms with E-state index in [1.807, 2.05) is 0 Å². The normalized spacial score (nSPS) is 15.0. The van der Waals surface area contributed by atoms with E-state index in [0.717, 1.165) is 22.3 Å². The van der Waals surface area contributed by atoms with Crippen LogP contribution in [-0.2, 0) is 21.7 Å². The first-order valence-electron chi connectivity index (χ1n) is 20.3. The highest BCUT2D eigenvalue weighted by atomic mass is 35.5. The molecule has 0 bridgehead atoms. The fraction of sp³-hybridized carbons (Fsp3) is 0.308. The van der Waals surface area contributed by atoms with Gasteiger partial charge in [0.05, 0.1) is 53.4 Å². The molecule has 2 aliphatic rings. The summed E-state index contributed by atoms with van der Waals surface area (Å²) in [4.78, 5) is 20.5. The molecule has 308 valence electrons. The monoisotopic (exact) mass is 872 g/mol. The van der Waals surface area contributed by atoms with Gasteiger partial charge in [0.25, 0.3) is 0 Å². The number of hydrogen-bond acceptors (Lipinski definition) is 4. The van der Waals surface area contributed by atoms with Gasteiger partial charge in [-0.25, -0.2) is 20.0 Å². The molecule has 0 saturated heterocycles.